The fourth-order valence-corrected chi connectivity index (χ4v) is 6.37. The van der Waals surface area contributed by atoms with E-state index in [4.69, 9.17) is 9.47 Å². The molecule has 0 bridgehead atoms. The van der Waals surface area contributed by atoms with Gasteiger partial charge in [0, 0.05) is 23.4 Å². The summed E-state index contributed by atoms with van der Waals surface area (Å²) in [5.74, 6) is -0.468. The zero-order valence-corrected chi connectivity index (χ0v) is 27.7. The summed E-state index contributed by atoms with van der Waals surface area (Å²) in [5, 5.41) is 10.4. The molecule has 0 aliphatic heterocycles. The van der Waals surface area contributed by atoms with Crippen LogP contribution in [0.1, 0.15) is 43.4 Å². The van der Waals surface area contributed by atoms with Gasteiger partial charge < -0.3 is 25.4 Å². The van der Waals surface area contributed by atoms with E-state index in [2.05, 4.69) is 45.2 Å². The van der Waals surface area contributed by atoms with Crippen LogP contribution in [0.3, 0.4) is 0 Å². The Labute approximate surface area is 283 Å². The van der Waals surface area contributed by atoms with Crippen LogP contribution in [0.2, 0.25) is 0 Å². The van der Waals surface area contributed by atoms with Gasteiger partial charge in [0.25, 0.3) is 0 Å². The van der Waals surface area contributed by atoms with Crippen molar-refractivity contribution in [2.75, 3.05) is 18.5 Å². The monoisotopic (exact) mass is 660 g/mol. The van der Waals surface area contributed by atoms with Gasteiger partial charge in [-0.1, -0.05) is 84.9 Å². The predicted octanol–water partition coefficient (Wildman–Crippen LogP) is 7.98. The Hall–Kier alpha value is -5.48. The van der Waals surface area contributed by atoms with Gasteiger partial charge in [-0.3, -0.25) is 4.79 Å². The highest BCUT2D eigenvalue weighted by Crippen LogP contribution is 2.44. The van der Waals surface area contributed by atoms with E-state index in [-0.39, 0.29) is 19.1 Å². The number of benzene rings is 4. The maximum Gasteiger partial charge on any atom is 0.407 e. The Morgan fingerprint density at radius 3 is 2.12 bits per heavy atom. The molecule has 0 unspecified atom stereocenters. The van der Waals surface area contributed by atoms with Crippen LogP contribution in [-0.4, -0.2) is 41.8 Å². The zero-order chi connectivity index (χ0) is 33.7. The Morgan fingerprint density at radius 1 is 0.771 bits per heavy atom. The smallest absolute Gasteiger partial charge is 0.407 e. The first-order chi connectivity index (χ1) is 23.1. The number of thiazole rings is 1. The SMILES string of the molecule is CC(C)(C)OC(=O)NCc1cccc(-c2cccc(-c3csc(NC(=O)CNC(=O)OCC4c5ccccc5-c5ccccc54)n3)c2)c1. The summed E-state index contributed by atoms with van der Waals surface area (Å²) in [6.45, 7) is 5.74. The van der Waals surface area contributed by atoms with Gasteiger partial charge in [-0.05, 0) is 71.8 Å². The highest BCUT2D eigenvalue weighted by atomic mass is 32.1. The molecule has 1 heterocycles. The average Bonchev–Trinajstić information content (AvgIpc) is 3.67. The molecule has 9 nitrogen and oxygen atoms in total. The molecule has 3 amide bonds. The molecule has 1 aromatic heterocycles. The van der Waals surface area contributed by atoms with E-state index < -0.39 is 23.7 Å². The third-order valence-corrected chi connectivity index (χ3v) is 8.50. The van der Waals surface area contributed by atoms with Crippen molar-refractivity contribution in [1.29, 1.82) is 0 Å². The minimum atomic E-state index is -0.659. The van der Waals surface area contributed by atoms with Gasteiger partial charge in [-0.25, -0.2) is 14.6 Å². The number of rotatable bonds is 9. The summed E-state index contributed by atoms with van der Waals surface area (Å²) in [4.78, 5) is 41.8. The van der Waals surface area contributed by atoms with Crippen molar-refractivity contribution in [3.8, 4) is 33.5 Å². The van der Waals surface area contributed by atoms with Crippen molar-refractivity contribution in [1.82, 2.24) is 15.6 Å². The fraction of sp³-hybridized carbons (Fsp3) is 0.211. The molecule has 0 fully saturated rings. The zero-order valence-electron chi connectivity index (χ0n) is 26.9. The number of carbonyl (C=O) groups is 3. The van der Waals surface area contributed by atoms with Gasteiger partial charge in [-0.2, -0.15) is 0 Å². The summed E-state index contributed by atoms with van der Waals surface area (Å²) < 4.78 is 10.9. The van der Waals surface area contributed by atoms with Crippen LogP contribution in [0.15, 0.2) is 102 Å². The van der Waals surface area contributed by atoms with E-state index in [0.29, 0.717) is 17.4 Å². The van der Waals surface area contributed by atoms with Crippen molar-refractivity contribution in [3.63, 3.8) is 0 Å². The van der Waals surface area contributed by atoms with Crippen molar-refractivity contribution < 1.29 is 23.9 Å². The van der Waals surface area contributed by atoms with Crippen LogP contribution >= 0.6 is 11.3 Å². The maximum atomic E-state index is 12.6. The molecule has 0 saturated heterocycles. The molecule has 6 rings (SSSR count). The molecule has 4 aromatic carbocycles. The number of amides is 3. The fourth-order valence-electron chi connectivity index (χ4n) is 5.64. The quantitative estimate of drug-likeness (QED) is 0.148. The lowest BCUT2D eigenvalue weighted by Gasteiger charge is -2.19. The number of carbonyl (C=O) groups excluding carboxylic acids is 3. The van der Waals surface area contributed by atoms with Gasteiger partial charge in [0.2, 0.25) is 5.91 Å². The van der Waals surface area contributed by atoms with E-state index in [1.54, 1.807) is 0 Å². The van der Waals surface area contributed by atoms with Crippen LogP contribution in [0.4, 0.5) is 14.7 Å². The number of ether oxygens (including phenoxy) is 2. The van der Waals surface area contributed by atoms with E-state index in [1.165, 1.54) is 11.3 Å². The lowest BCUT2D eigenvalue weighted by atomic mass is 9.98. The Bertz CT molecular complexity index is 1920. The molecule has 244 valence electrons. The highest BCUT2D eigenvalue weighted by Gasteiger charge is 2.29. The summed E-state index contributed by atoms with van der Waals surface area (Å²) in [6.07, 6.45) is -1.12. The number of hydrogen-bond acceptors (Lipinski definition) is 7. The number of fused-ring (bicyclic) bond motifs is 3. The third-order valence-electron chi connectivity index (χ3n) is 7.74. The van der Waals surface area contributed by atoms with Crippen LogP contribution in [0.5, 0.6) is 0 Å². The molecule has 0 saturated carbocycles. The van der Waals surface area contributed by atoms with Crippen LogP contribution in [-0.2, 0) is 20.8 Å². The minimum Gasteiger partial charge on any atom is -0.449 e. The van der Waals surface area contributed by atoms with E-state index >= 15 is 0 Å². The number of aromatic nitrogens is 1. The first-order valence-corrected chi connectivity index (χ1v) is 16.5. The standard InChI is InChI=1S/C38H36N4O5S/c1-38(2,3)47-37(45)39-20-24-10-8-11-25(18-24)26-12-9-13-27(19-26)33-23-48-35(41-33)42-34(43)21-40-36(44)46-22-32-30-16-6-4-14-28(30)29-15-5-7-17-31(29)32/h4-19,23,32H,20-22H2,1-3H3,(H,39,45)(H,40,44)(H,41,42,43). The summed E-state index contributed by atoms with van der Waals surface area (Å²) in [7, 11) is 0. The molecule has 3 N–H and O–H groups in total. The Balaban J connectivity index is 1.01. The molecule has 5 aromatic rings. The largest absolute Gasteiger partial charge is 0.449 e. The molecule has 10 heteroatoms. The Kier molecular flexibility index (Phi) is 9.54. The van der Waals surface area contributed by atoms with Crippen LogP contribution < -0.4 is 16.0 Å². The van der Waals surface area contributed by atoms with E-state index in [1.807, 2.05) is 98.9 Å². The second kappa shape index (κ2) is 14.1. The lowest BCUT2D eigenvalue weighted by molar-refractivity contribution is -0.115. The number of hydrogen-bond donors (Lipinski definition) is 3. The van der Waals surface area contributed by atoms with Gasteiger partial charge in [0.1, 0.15) is 18.8 Å². The summed E-state index contributed by atoms with van der Waals surface area (Å²) in [6, 6.07) is 32.1. The van der Waals surface area contributed by atoms with Crippen LogP contribution in [0.25, 0.3) is 33.5 Å². The average molecular weight is 661 g/mol. The van der Waals surface area contributed by atoms with Crippen LogP contribution in [0, 0.1) is 0 Å². The van der Waals surface area contributed by atoms with Gasteiger partial charge in [0.15, 0.2) is 5.13 Å². The first kappa shape index (κ1) is 32.5. The van der Waals surface area contributed by atoms with Gasteiger partial charge in [-0.15, -0.1) is 11.3 Å². The highest BCUT2D eigenvalue weighted by molar-refractivity contribution is 7.14. The molecular weight excluding hydrogens is 625 g/mol. The summed E-state index contributed by atoms with van der Waals surface area (Å²) >= 11 is 1.30. The lowest BCUT2D eigenvalue weighted by Crippen LogP contribution is -2.33. The summed E-state index contributed by atoms with van der Waals surface area (Å²) in [5.41, 5.74) is 8.49. The molecule has 0 spiro atoms. The number of alkyl carbamates (subject to hydrolysis) is 2. The minimum absolute atomic E-state index is 0.0608. The molecule has 48 heavy (non-hydrogen) atoms. The van der Waals surface area contributed by atoms with Crippen molar-refractivity contribution >= 4 is 34.6 Å². The molecular formula is C38H36N4O5S. The molecule has 0 radical (unpaired) electrons. The second-order valence-electron chi connectivity index (χ2n) is 12.4. The maximum absolute atomic E-state index is 12.6. The Morgan fingerprint density at radius 2 is 1.42 bits per heavy atom. The normalized spacial score (nSPS) is 12.1. The second-order valence-corrected chi connectivity index (χ2v) is 13.3. The van der Waals surface area contributed by atoms with Crippen molar-refractivity contribution in [2.24, 2.45) is 0 Å². The van der Waals surface area contributed by atoms with E-state index in [9.17, 15) is 14.4 Å². The first-order valence-electron chi connectivity index (χ1n) is 15.6. The predicted molar refractivity (Wildman–Crippen MR) is 188 cm³/mol. The van der Waals surface area contributed by atoms with Crippen molar-refractivity contribution in [2.45, 2.75) is 38.8 Å². The van der Waals surface area contributed by atoms with Gasteiger partial charge >= 0.3 is 12.2 Å². The molecule has 0 atom stereocenters. The topological polar surface area (TPSA) is 119 Å². The van der Waals surface area contributed by atoms with Gasteiger partial charge in [0.05, 0.1) is 5.69 Å². The number of anilines is 1. The van der Waals surface area contributed by atoms with E-state index in [0.717, 1.165) is 44.5 Å². The molecule has 1 aliphatic rings. The van der Waals surface area contributed by atoms with Crippen molar-refractivity contribution in [3.05, 3.63) is 119 Å². The number of nitrogens with zero attached hydrogens (tertiary/aromatic N) is 1. The molecule has 1 aliphatic carbocycles. The third kappa shape index (κ3) is 7.90. The number of nitrogens with one attached hydrogen (secondary N) is 3.